The molecule has 1 N–H and O–H groups in total. The van der Waals surface area contributed by atoms with Crippen LogP contribution < -0.4 is 0 Å². The lowest BCUT2D eigenvalue weighted by Crippen LogP contribution is -2.00. The van der Waals surface area contributed by atoms with Crippen LogP contribution in [0.5, 0.6) is 0 Å². The van der Waals surface area contributed by atoms with Crippen LogP contribution in [-0.4, -0.2) is 20.9 Å². The van der Waals surface area contributed by atoms with E-state index in [1.54, 1.807) is 30.5 Å². The molecule has 3 aromatic rings. The number of nitro groups is 1. The summed E-state index contributed by atoms with van der Waals surface area (Å²) in [4.78, 5) is 21.9. The number of carbonyl (C=O) groups is 1. The molecule has 0 amide bonds. The molecule has 0 saturated carbocycles. The summed E-state index contributed by atoms with van der Waals surface area (Å²) in [5, 5.41) is 16.8. The van der Waals surface area contributed by atoms with Crippen molar-refractivity contribution in [1.82, 2.24) is 10.2 Å². The topological polar surface area (TPSA) is 88.9 Å². The highest BCUT2D eigenvalue weighted by Crippen LogP contribution is 2.15. The van der Waals surface area contributed by atoms with Gasteiger partial charge in [-0.3, -0.25) is 20.0 Å². The molecule has 0 atom stereocenters. The van der Waals surface area contributed by atoms with Gasteiger partial charge in [0.2, 0.25) is 0 Å². The van der Waals surface area contributed by atoms with E-state index in [1.165, 1.54) is 29.8 Å². The number of nitrogens with zero attached hydrogens (tertiary/aromatic N) is 2. The molecule has 0 spiro atoms. The van der Waals surface area contributed by atoms with Gasteiger partial charge in [-0.05, 0) is 24.6 Å². The number of nitro benzene ring substituents is 1. The summed E-state index contributed by atoms with van der Waals surface area (Å²) in [6.07, 6.45) is 3.62. The van der Waals surface area contributed by atoms with E-state index in [2.05, 4.69) is 10.2 Å². The average molecular weight is 309 g/mol. The molecular weight excluding hydrogens is 294 g/mol. The van der Waals surface area contributed by atoms with Gasteiger partial charge < -0.3 is 0 Å². The number of non-ortho nitro benzene ring substituents is 1. The average Bonchev–Trinajstić information content (AvgIpc) is 3.06. The fourth-order valence-electron chi connectivity index (χ4n) is 1.81. The van der Waals surface area contributed by atoms with Crippen LogP contribution in [0.4, 0.5) is 5.69 Å². The second-order valence-electron chi connectivity index (χ2n) is 4.77. The Balaban J connectivity index is 0.000000268. The van der Waals surface area contributed by atoms with E-state index in [-0.39, 0.29) is 11.5 Å². The van der Waals surface area contributed by atoms with E-state index in [0.717, 1.165) is 0 Å². The predicted octanol–water partition coefficient (Wildman–Crippen LogP) is 3.54. The van der Waals surface area contributed by atoms with Gasteiger partial charge in [-0.2, -0.15) is 5.10 Å². The van der Waals surface area contributed by atoms with Crippen molar-refractivity contribution in [3.8, 4) is 0 Å². The minimum atomic E-state index is -0.489. The number of benzene rings is 2. The van der Waals surface area contributed by atoms with Gasteiger partial charge in [0.15, 0.2) is 5.78 Å². The van der Waals surface area contributed by atoms with Gasteiger partial charge in [0.25, 0.3) is 5.69 Å². The SMILES string of the molecule is Cc1cn[nH]c1.O=C(c1ccccc1)c1ccc([N+](=O)[O-])cc1. The lowest BCUT2D eigenvalue weighted by atomic mass is 10.0. The molecule has 1 aromatic heterocycles. The number of aryl methyl sites for hydroxylation is 1. The number of aromatic amines is 1. The third kappa shape index (κ3) is 4.60. The zero-order chi connectivity index (χ0) is 16.7. The summed E-state index contributed by atoms with van der Waals surface area (Å²) in [6.45, 7) is 1.99. The first kappa shape index (κ1) is 16.1. The van der Waals surface area contributed by atoms with E-state index in [1.807, 2.05) is 19.2 Å². The van der Waals surface area contributed by atoms with Gasteiger partial charge in [0, 0.05) is 29.5 Å². The molecule has 0 aliphatic heterocycles. The van der Waals surface area contributed by atoms with Crippen molar-refractivity contribution in [1.29, 1.82) is 0 Å². The Morgan fingerprint density at radius 1 is 1.04 bits per heavy atom. The van der Waals surface area contributed by atoms with Gasteiger partial charge in [0.1, 0.15) is 0 Å². The molecule has 0 aliphatic carbocycles. The number of carbonyl (C=O) groups excluding carboxylic acids is 1. The summed E-state index contributed by atoms with van der Waals surface area (Å²) in [5.74, 6) is -0.138. The molecule has 0 saturated heterocycles. The quantitative estimate of drug-likeness (QED) is 0.455. The van der Waals surface area contributed by atoms with Crippen molar-refractivity contribution in [2.45, 2.75) is 6.92 Å². The van der Waals surface area contributed by atoms with E-state index in [9.17, 15) is 14.9 Å². The van der Waals surface area contributed by atoms with E-state index in [0.29, 0.717) is 11.1 Å². The molecule has 1 heterocycles. The molecule has 0 fully saturated rings. The highest BCUT2D eigenvalue weighted by atomic mass is 16.6. The van der Waals surface area contributed by atoms with Crippen LogP contribution in [0.25, 0.3) is 0 Å². The first-order valence-corrected chi connectivity index (χ1v) is 6.87. The summed E-state index contributed by atoms with van der Waals surface area (Å²) >= 11 is 0. The van der Waals surface area contributed by atoms with E-state index >= 15 is 0 Å². The number of H-pyrrole nitrogens is 1. The van der Waals surface area contributed by atoms with Crippen molar-refractivity contribution in [2.24, 2.45) is 0 Å². The van der Waals surface area contributed by atoms with Gasteiger partial charge in [-0.15, -0.1) is 0 Å². The lowest BCUT2D eigenvalue weighted by Gasteiger charge is -2.00. The van der Waals surface area contributed by atoms with Crippen LogP contribution in [0.15, 0.2) is 67.0 Å². The third-order valence-electron chi connectivity index (χ3n) is 3.01. The minimum Gasteiger partial charge on any atom is -0.289 e. The fourth-order valence-corrected chi connectivity index (χ4v) is 1.81. The van der Waals surface area contributed by atoms with Crippen molar-refractivity contribution < 1.29 is 9.72 Å². The molecule has 2 aromatic carbocycles. The van der Waals surface area contributed by atoms with Gasteiger partial charge >= 0.3 is 0 Å². The second kappa shape index (κ2) is 7.65. The smallest absolute Gasteiger partial charge is 0.269 e. The molecule has 0 unspecified atom stereocenters. The number of rotatable bonds is 3. The zero-order valence-corrected chi connectivity index (χ0v) is 12.5. The van der Waals surface area contributed by atoms with Crippen LogP contribution in [0, 0.1) is 17.0 Å². The number of nitrogens with one attached hydrogen (secondary N) is 1. The number of hydrogen-bond donors (Lipinski definition) is 1. The normalized spacial score (nSPS) is 9.61. The molecule has 23 heavy (non-hydrogen) atoms. The molecule has 3 rings (SSSR count). The van der Waals surface area contributed by atoms with E-state index in [4.69, 9.17) is 0 Å². The predicted molar refractivity (Wildman–Crippen MR) is 86.3 cm³/mol. The number of hydrogen-bond acceptors (Lipinski definition) is 4. The third-order valence-corrected chi connectivity index (χ3v) is 3.01. The molecule has 6 heteroatoms. The maximum Gasteiger partial charge on any atom is 0.269 e. The van der Waals surface area contributed by atoms with Gasteiger partial charge in [-0.1, -0.05) is 30.3 Å². The first-order chi connectivity index (χ1) is 11.1. The Labute approximate surface area is 132 Å². The van der Waals surface area contributed by atoms with Crippen LogP contribution in [0.2, 0.25) is 0 Å². The standard InChI is InChI=1S/C13H9NO3.C4H6N2/c15-13(10-4-2-1-3-5-10)11-6-8-12(9-7-11)14(16)17;1-4-2-5-6-3-4/h1-9H;2-3H,1H3,(H,5,6). The first-order valence-electron chi connectivity index (χ1n) is 6.87. The van der Waals surface area contributed by atoms with Crippen molar-refractivity contribution in [3.63, 3.8) is 0 Å². The Kier molecular flexibility index (Phi) is 5.35. The summed E-state index contributed by atoms with van der Waals surface area (Å²) < 4.78 is 0. The molecule has 0 radical (unpaired) electrons. The fraction of sp³-hybridized carbons (Fsp3) is 0.0588. The molecule has 0 aliphatic rings. The van der Waals surface area contributed by atoms with Crippen LogP contribution in [-0.2, 0) is 0 Å². The highest BCUT2D eigenvalue weighted by Gasteiger charge is 2.10. The maximum absolute atomic E-state index is 12.0. The number of aromatic nitrogens is 2. The second-order valence-corrected chi connectivity index (χ2v) is 4.77. The van der Waals surface area contributed by atoms with E-state index < -0.39 is 4.92 Å². The van der Waals surface area contributed by atoms with Crippen molar-refractivity contribution in [2.75, 3.05) is 0 Å². The summed E-state index contributed by atoms with van der Waals surface area (Å²) in [5.41, 5.74) is 2.17. The monoisotopic (exact) mass is 309 g/mol. The van der Waals surface area contributed by atoms with Gasteiger partial charge in [0.05, 0.1) is 11.1 Å². The Bertz CT molecular complexity index is 767. The largest absolute Gasteiger partial charge is 0.289 e. The lowest BCUT2D eigenvalue weighted by molar-refractivity contribution is -0.384. The highest BCUT2D eigenvalue weighted by molar-refractivity contribution is 6.09. The Morgan fingerprint density at radius 3 is 2.09 bits per heavy atom. The summed E-state index contributed by atoms with van der Waals surface area (Å²) in [6, 6.07) is 14.4. The molecular formula is C17H15N3O3. The van der Waals surface area contributed by atoms with Crippen molar-refractivity contribution >= 4 is 11.5 Å². The van der Waals surface area contributed by atoms with Crippen LogP contribution in [0.1, 0.15) is 21.5 Å². The molecule has 6 nitrogen and oxygen atoms in total. The molecule has 116 valence electrons. The number of ketones is 1. The van der Waals surface area contributed by atoms with Crippen LogP contribution >= 0.6 is 0 Å². The van der Waals surface area contributed by atoms with Crippen LogP contribution in [0.3, 0.4) is 0 Å². The Hall–Kier alpha value is -3.28. The van der Waals surface area contributed by atoms with Gasteiger partial charge in [-0.25, -0.2) is 0 Å². The maximum atomic E-state index is 12.0. The minimum absolute atomic E-state index is 0.0189. The molecule has 0 bridgehead atoms. The van der Waals surface area contributed by atoms with Crippen molar-refractivity contribution in [3.05, 3.63) is 93.8 Å². The summed E-state index contributed by atoms with van der Waals surface area (Å²) in [7, 11) is 0. The zero-order valence-electron chi connectivity index (χ0n) is 12.5. The Morgan fingerprint density at radius 2 is 1.65 bits per heavy atom.